The van der Waals surface area contributed by atoms with Crippen LogP contribution in [0.3, 0.4) is 0 Å². The van der Waals surface area contributed by atoms with Gasteiger partial charge in [-0.15, -0.1) is 0 Å². The molecule has 4 aromatic rings. The summed E-state index contributed by atoms with van der Waals surface area (Å²) in [7, 11) is 1.79. The highest BCUT2D eigenvalue weighted by atomic mass is 35.5. The van der Waals surface area contributed by atoms with Crippen molar-refractivity contribution in [3.8, 4) is 0 Å². The van der Waals surface area contributed by atoms with Gasteiger partial charge in [0.2, 0.25) is 0 Å². The van der Waals surface area contributed by atoms with E-state index in [1.807, 2.05) is 18.3 Å². The fraction of sp³-hybridized carbons (Fsp3) is 0.391. The van der Waals surface area contributed by atoms with E-state index in [2.05, 4.69) is 37.8 Å². The van der Waals surface area contributed by atoms with Crippen molar-refractivity contribution in [2.45, 2.75) is 38.2 Å². The Morgan fingerprint density at radius 2 is 2.19 bits per heavy atom. The predicted octanol–water partition coefficient (Wildman–Crippen LogP) is 4.52. The van der Waals surface area contributed by atoms with Gasteiger partial charge >= 0.3 is 0 Å². The predicted molar refractivity (Wildman–Crippen MR) is 123 cm³/mol. The van der Waals surface area contributed by atoms with Crippen LogP contribution in [-0.4, -0.2) is 51.2 Å². The lowest BCUT2D eigenvalue weighted by Crippen LogP contribution is -2.40. The van der Waals surface area contributed by atoms with Crippen molar-refractivity contribution in [1.29, 1.82) is 0 Å². The Balaban J connectivity index is 1.61. The maximum Gasteiger partial charge on any atom is 0.180 e. The van der Waals surface area contributed by atoms with Crippen LogP contribution >= 0.6 is 11.6 Å². The summed E-state index contributed by atoms with van der Waals surface area (Å²) in [4.78, 5) is 23.4. The number of halogens is 1. The van der Waals surface area contributed by atoms with Crippen LogP contribution in [0, 0.1) is 0 Å². The van der Waals surface area contributed by atoms with Gasteiger partial charge < -0.3 is 14.6 Å². The first-order valence-electron chi connectivity index (χ1n) is 10.6. The summed E-state index contributed by atoms with van der Waals surface area (Å²) in [6.07, 6.45) is 8.21. The molecule has 0 spiro atoms. The van der Waals surface area contributed by atoms with Gasteiger partial charge in [-0.25, -0.2) is 15.0 Å². The first kappa shape index (κ1) is 20.2. The van der Waals surface area contributed by atoms with Crippen LogP contribution in [0.2, 0.25) is 5.02 Å². The standard InChI is InChI=1S/C23H25ClN6O/c1-14(9-19-21-23(28-12-26-19)29-13-27-21)17-10-18(24)16-6-3-7-25-20(16)22(17)30-8-4-5-15(11-30)31-2/h3,6-7,10,12-15H,4-5,8-9,11H2,1-2H3,(H,26,27,28,29). The molecule has 1 N–H and O–H groups in total. The van der Waals surface area contributed by atoms with Crippen LogP contribution in [0.1, 0.15) is 36.9 Å². The number of nitrogens with one attached hydrogen (secondary N) is 1. The second-order valence-electron chi connectivity index (χ2n) is 8.17. The first-order valence-corrected chi connectivity index (χ1v) is 11.0. The molecule has 0 saturated carbocycles. The number of fused-ring (bicyclic) bond motifs is 2. The molecule has 1 aliphatic rings. The number of methoxy groups -OCH3 is 1. The van der Waals surface area contributed by atoms with E-state index in [0.717, 1.165) is 65.2 Å². The Morgan fingerprint density at radius 1 is 1.29 bits per heavy atom. The van der Waals surface area contributed by atoms with Gasteiger partial charge in [-0.3, -0.25) is 4.98 Å². The SMILES string of the molecule is COC1CCCN(c2c(C(C)Cc3ncnc4nc[nH]c34)cc(Cl)c3cccnc23)C1. The van der Waals surface area contributed by atoms with Crippen molar-refractivity contribution in [1.82, 2.24) is 24.9 Å². The van der Waals surface area contributed by atoms with E-state index in [1.54, 1.807) is 19.8 Å². The summed E-state index contributed by atoms with van der Waals surface area (Å²) >= 11 is 6.73. The van der Waals surface area contributed by atoms with Crippen LogP contribution in [0.4, 0.5) is 5.69 Å². The monoisotopic (exact) mass is 436 g/mol. The lowest BCUT2D eigenvalue weighted by atomic mass is 9.91. The normalized spacial score (nSPS) is 18.0. The Bertz CT molecular complexity index is 1230. The number of nitrogens with zero attached hydrogens (tertiary/aromatic N) is 5. The maximum absolute atomic E-state index is 6.73. The molecule has 1 aromatic carbocycles. The summed E-state index contributed by atoms with van der Waals surface area (Å²) in [6, 6.07) is 6.08. The lowest BCUT2D eigenvalue weighted by Gasteiger charge is -2.36. The van der Waals surface area contributed by atoms with Gasteiger partial charge in [0.05, 0.1) is 34.4 Å². The molecule has 2 atom stereocenters. The van der Waals surface area contributed by atoms with Crippen molar-refractivity contribution in [3.63, 3.8) is 0 Å². The van der Waals surface area contributed by atoms with Crippen LogP contribution in [-0.2, 0) is 11.2 Å². The first-order chi connectivity index (χ1) is 15.2. The van der Waals surface area contributed by atoms with E-state index in [1.165, 1.54) is 5.56 Å². The van der Waals surface area contributed by atoms with E-state index in [9.17, 15) is 0 Å². The average Bonchev–Trinajstić information content (AvgIpc) is 3.29. The Kier molecular flexibility index (Phi) is 5.46. The zero-order chi connectivity index (χ0) is 21.4. The molecule has 1 fully saturated rings. The largest absolute Gasteiger partial charge is 0.380 e. The third-order valence-electron chi connectivity index (χ3n) is 6.20. The number of hydrogen-bond donors (Lipinski definition) is 1. The molecule has 160 valence electrons. The van der Waals surface area contributed by atoms with Crippen molar-refractivity contribution in [2.24, 2.45) is 0 Å². The number of anilines is 1. The van der Waals surface area contributed by atoms with Crippen LogP contribution in [0.15, 0.2) is 37.1 Å². The number of imidazole rings is 1. The van der Waals surface area contributed by atoms with Gasteiger partial charge in [0, 0.05) is 31.8 Å². The Hall–Kier alpha value is -2.77. The van der Waals surface area contributed by atoms with Crippen molar-refractivity contribution in [3.05, 3.63) is 53.3 Å². The van der Waals surface area contributed by atoms with Crippen molar-refractivity contribution < 1.29 is 4.74 Å². The molecule has 0 bridgehead atoms. The summed E-state index contributed by atoms with van der Waals surface area (Å²) in [5, 5.41) is 1.70. The quantitative estimate of drug-likeness (QED) is 0.495. The maximum atomic E-state index is 6.73. The molecule has 1 saturated heterocycles. The second-order valence-corrected chi connectivity index (χ2v) is 8.58. The second kappa shape index (κ2) is 8.40. The summed E-state index contributed by atoms with van der Waals surface area (Å²) in [5.74, 6) is 0.170. The van der Waals surface area contributed by atoms with E-state index < -0.39 is 0 Å². The van der Waals surface area contributed by atoms with E-state index >= 15 is 0 Å². The molecule has 2 unspecified atom stereocenters. The minimum Gasteiger partial charge on any atom is -0.380 e. The molecule has 3 aromatic heterocycles. The number of H-pyrrole nitrogens is 1. The highest BCUT2D eigenvalue weighted by Crippen LogP contribution is 2.40. The molecule has 0 radical (unpaired) electrons. The number of ether oxygens (including phenoxy) is 1. The fourth-order valence-corrected chi connectivity index (χ4v) is 4.89. The third kappa shape index (κ3) is 3.72. The number of piperidine rings is 1. The van der Waals surface area contributed by atoms with Gasteiger partial charge in [0.15, 0.2) is 5.65 Å². The van der Waals surface area contributed by atoms with Gasteiger partial charge in [0.25, 0.3) is 0 Å². The third-order valence-corrected chi connectivity index (χ3v) is 6.52. The van der Waals surface area contributed by atoms with Crippen LogP contribution in [0.5, 0.6) is 0 Å². The zero-order valence-electron chi connectivity index (χ0n) is 17.7. The van der Waals surface area contributed by atoms with E-state index in [0.29, 0.717) is 5.65 Å². The number of hydrogen-bond acceptors (Lipinski definition) is 6. The minimum atomic E-state index is 0.170. The Morgan fingerprint density at radius 3 is 3.06 bits per heavy atom. The minimum absolute atomic E-state index is 0.170. The molecule has 31 heavy (non-hydrogen) atoms. The summed E-state index contributed by atoms with van der Waals surface area (Å²) in [6.45, 7) is 4.04. The number of aromatic amines is 1. The molecule has 8 heteroatoms. The summed E-state index contributed by atoms with van der Waals surface area (Å²) in [5.41, 5.74) is 5.81. The fourth-order valence-electron chi connectivity index (χ4n) is 4.62. The van der Waals surface area contributed by atoms with Crippen LogP contribution in [0.25, 0.3) is 22.1 Å². The molecule has 5 rings (SSSR count). The number of rotatable bonds is 5. The van der Waals surface area contributed by atoms with Gasteiger partial charge in [-0.05, 0) is 48.9 Å². The molecular formula is C23H25ClN6O. The zero-order valence-corrected chi connectivity index (χ0v) is 18.4. The van der Waals surface area contributed by atoms with E-state index in [4.69, 9.17) is 21.3 Å². The van der Waals surface area contributed by atoms with E-state index in [-0.39, 0.29) is 12.0 Å². The topological polar surface area (TPSA) is 79.8 Å². The molecule has 0 aliphatic carbocycles. The number of benzene rings is 1. The highest BCUT2D eigenvalue weighted by molar-refractivity contribution is 6.36. The lowest BCUT2D eigenvalue weighted by molar-refractivity contribution is 0.0893. The molecule has 1 aliphatic heterocycles. The van der Waals surface area contributed by atoms with Crippen molar-refractivity contribution in [2.75, 3.05) is 25.1 Å². The average molecular weight is 437 g/mol. The molecule has 7 nitrogen and oxygen atoms in total. The number of aromatic nitrogens is 5. The van der Waals surface area contributed by atoms with Gasteiger partial charge in [-0.1, -0.05) is 18.5 Å². The highest BCUT2D eigenvalue weighted by Gasteiger charge is 2.27. The van der Waals surface area contributed by atoms with Gasteiger partial charge in [0.1, 0.15) is 11.8 Å². The molecular weight excluding hydrogens is 412 g/mol. The van der Waals surface area contributed by atoms with Gasteiger partial charge in [-0.2, -0.15) is 0 Å². The molecule has 0 amide bonds. The number of pyridine rings is 1. The summed E-state index contributed by atoms with van der Waals surface area (Å²) < 4.78 is 5.70. The smallest absolute Gasteiger partial charge is 0.180 e. The Labute approximate surface area is 185 Å². The van der Waals surface area contributed by atoms with Crippen molar-refractivity contribution >= 4 is 39.4 Å². The van der Waals surface area contributed by atoms with Crippen LogP contribution < -0.4 is 4.90 Å². The molecule has 4 heterocycles.